The summed E-state index contributed by atoms with van der Waals surface area (Å²) < 4.78 is 0. The van der Waals surface area contributed by atoms with Gasteiger partial charge < -0.3 is 10.6 Å². The summed E-state index contributed by atoms with van der Waals surface area (Å²) in [5, 5.41) is 0. The van der Waals surface area contributed by atoms with E-state index in [-0.39, 0.29) is 0 Å². The molecule has 3 atom stereocenters. The maximum Gasteiger partial charge on any atom is 0.223 e. The highest BCUT2D eigenvalue weighted by Crippen LogP contribution is 2.31. The average Bonchev–Trinajstić information content (AvgIpc) is 2.75. The maximum absolute atomic E-state index is 12.6. The summed E-state index contributed by atoms with van der Waals surface area (Å²) >= 11 is 0. The molecule has 0 bridgehead atoms. The molecule has 1 saturated carbocycles. The van der Waals surface area contributed by atoms with Gasteiger partial charge in [-0.05, 0) is 50.0 Å². The van der Waals surface area contributed by atoms with E-state index >= 15 is 0 Å². The van der Waals surface area contributed by atoms with Crippen LogP contribution in [0.3, 0.4) is 0 Å². The number of nitrogens with two attached hydrogens (primary N) is 1. The van der Waals surface area contributed by atoms with Gasteiger partial charge in [-0.1, -0.05) is 34.1 Å². The van der Waals surface area contributed by atoms with Gasteiger partial charge in [0.05, 0.1) is 0 Å². The van der Waals surface area contributed by atoms with Gasteiger partial charge in [0, 0.05) is 19.0 Å². The molecule has 3 unspecified atom stereocenters. The lowest BCUT2D eigenvalue weighted by Crippen LogP contribution is -2.44. The predicted molar refractivity (Wildman–Crippen MR) is 85.4 cm³/mol. The number of amides is 1. The second kappa shape index (κ2) is 7.44. The van der Waals surface area contributed by atoms with Crippen LogP contribution < -0.4 is 5.73 Å². The highest BCUT2D eigenvalue weighted by molar-refractivity contribution is 5.76. The smallest absolute Gasteiger partial charge is 0.223 e. The number of nitrogens with zero attached hydrogens (tertiary/aromatic N) is 1. The number of carbonyl (C=O) groups excluding carboxylic acids is 1. The summed E-state index contributed by atoms with van der Waals surface area (Å²) in [4.78, 5) is 14.7. The van der Waals surface area contributed by atoms with Crippen LogP contribution in [-0.4, -0.2) is 29.9 Å². The first-order valence-electron chi connectivity index (χ1n) is 8.28. The second-order valence-corrected chi connectivity index (χ2v) is 7.75. The standard InChI is InChI=1S/C17H34N2O/c1-6-19(15-9-7-8-14(15)12-18)16(20)10-13(2)11-17(3,4)5/h13-15H,6-12,18H2,1-5H3. The summed E-state index contributed by atoms with van der Waals surface area (Å²) in [5.74, 6) is 1.29. The zero-order valence-corrected chi connectivity index (χ0v) is 14.1. The van der Waals surface area contributed by atoms with E-state index in [1.165, 1.54) is 12.8 Å². The molecule has 0 spiro atoms. The predicted octanol–water partition coefficient (Wildman–Crippen LogP) is 3.42. The van der Waals surface area contributed by atoms with Gasteiger partial charge in [0.15, 0.2) is 0 Å². The van der Waals surface area contributed by atoms with E-state index in [1.807, 2.05) is 0 Å². The van der Waals surface area contributed by atoms with Crippen molar-refractivity contribution in [1.82, 2.24) is 4.90 Å². The zero-order valence-electron chi connectivity index (χ0n) is 14.1. The van der Waals surface area contributed by atoms with Crippen LogP contribution in [0.5, 0.6) is 0 Å². The molecule has 0 aromatic rings. The molecule has 0 aromatic heterocycles. The van der Waals surface area contributed by atoms with Crippen molar-refractivity contribution in [2.75, 3.05) is 13.1 Å². The fourth-order valence-electron chi connectivity index (χ4n) is 3.83. The first-order chi connectivity index (χ1) is 9.28. The minimum atomic E-state index is 0.296. The van der Waals surface area contributed by atoms with Gasteiger partial charge in [-0.2, -0.15) is 0 Å². The Morgan fingerprint density at radius 3 is 2.50 bits per heavy atom. The van der Waals surface area contributed by atoms with E-state index in [0.29, 0.717) is 42.2 Å². The molecule has 0 aliphatic heterocycles. The van der Waals surface area contributed by atoms with Gasteiger partial charge in [0.2, 0.25) is 5.91 Å². The molecular formula is C17H34N2O. The van der Waals surface area contributed by atoms with E-state index in [9.17, 15) is 4.79 Å². The normalized spacial score (nSPS) is 24.7. The van der Waals surface area contributed by atoms with Crippen molar-refractivity contribution in [2.24, 2.45) is 23.0 Å². The maximum atomic E-state index is 12.6. The summed E-state index contributed by atoms with van der Waals surface area (Å²) in [5.41, 5.74) is 6.16. The van der Waals surface area contributed by atoms with Crippen LogP contribution in [0.1, 0.15) is 66.7 Å². The molecule has 20 heavy (non-hydrogen) atoms. The molecule has 1 rings (SSSR count). The molecule has 0 saturated heterocycles. The average molecular weight is 282 g/mol. The first-order valence-corrected chi connectivity index (χ1v) is 8.28. The Labute approximate surface area is 125 Å². The lowest BCUT2D eigenvalue weighted by atomic mass is 9.84. The van der Waals surface area contributed by atoms with Gasteiger partial charge in [0.1, 0.15) is 0 Å². The fourth-order valence-corrected chi connectivity index (χ4v) is 3.83. The van der Waals surface area contributed by atoms with Gasteiger partial charge >= 0.3 is 0 Å². The van der Waals surface area contributed by atoms with Crippen LogP contribution in [0.2, 0.25) is 0 Å². The molecule has 1 amide bonds. The Morgan fingerprint density at radius 1 is 1.35 bits per heavy atom. The molecule has 1 aliphatic rings. The minimum absolute atomic E-state index is 0.296. The first kappa shape index (κ1) is 17.5. The van der Waals surface area contributed by atoms with Gasteiger partial charge in [0.25, 0.3) is 0 Å². The molecule has 0 radical (unpaired) electrons. The number of hydrogen-bond acceptors (Lipinski definition) is 2. The Balaban J connectivity index is 2.59. The van der Waals surface area contributed by atoms with Gasteiger partial charge in [-0.25, -0.2) is 0 Å². The van der Waals surface area contributed by atoms with E-state index in [1.54, 1.807) is 0 Å². The summed E-state index contributed by atoms with van der Waals surface area (Å²) in [6, 6.07) is 0.388. The lowest BCUT2D eigenvalue weighted by molar-refractivity contribution is -0.135. The third-order valence-corrected chi connectivity index (χ3v) is 4.47. The lowest BCUT2D eigenvalue weighted by Gasteiger charge is -2.33. The minimum Gasteiger partial charge on any atom is -0.340 e. The van der Waals surface area contributed by atoms with Gasteiger partial charge in [-0.3, -0.25) is 4.79 Å². The van der Waals surface area contributed by atoms with Crippen LogP contribution >= 0.6 is 0 Å². The van der Waals surface area contributed by atoms with E-state index in [4.69, 9.17) is 5.73 Å². The summed E-state index contributed by atoms with van der Waals surface area (Å²) in [6.07, 6.45) is 5.31. The summed E-state index contributed by atoms with van der Waals surface area (Å²) in [7, 11) is 0. The molecule has 1 fully saturated rings. The summed E-state index contributed by atoms with van der Waals surface area (Å²) in [6.45, 7) is 12.6. The van der Waals surface area contributed by atoms with E-state index in [0.717, 1.165) is 19.4 Å². The zero-order chi connectivity index (χ0) is 15.3. The highest BCUT2D eigenvalue weighted by atomic mass is 16.2. The van der Waals surface area contributed by atoms with Crippen LogP contribution in [0, 0.1) is 17.3 Å². The van der Waals surface area contributed by atoms with Crippen molar-refractivity contribution in [3.8, 4) is 0 Å². The Hall–Kier alpha value is -0.570. The van der Waals surface area contributed by atoms with E-state index < -0.39 is 0 Å². The Kier molecular flexibility index (Phi) is 6.50. The van der Waals surface area contributed by atoms with Crippen molar-refractivity contribution >= 4 is 5.91 Å². The van der Waals surface area contributed by atoms with Crippen LogP contribution in [-0.2, 0) is 4.79 Å². The van der Waals surface area contributed by atoms with Crippen molar-refractivity contribution in [2.45, 2.75) is 72.8 Å². The molecule has 3 nitrogen and oxygen atoms in total. The molecule has 3 heteroatoms. The molecule has 1 aliphatic carbocycles. The van der Waals surface area contributed by atoms with Crippen LogP contribution in [0.15, 0.2) is 0 Å². The highest BCUT2D eigenvalue weighted by Gasteiger charge is 2.33. The van der Waals surface area contributed by atoms with Crippen molar-refractivity contribution in [3.05, 3.63) is 0 Å². The van der Waals surface area contributed by atoms with Crippen molar-refractivity contribution in [1.29, 1.82) is 0 Å². The SMILES string of the molecule is CCN(C(=O)CC(C)CC(C)(C)C)C1CCCC1CN. The Bertz CT molecular complexity index is 309. The molecular weight excluding hydrogens is 248 g/mol. The molecule has 118 valence electrons. The number of hydrogen-bond donors (Lipinski definition) is 1. The Morgan fingerprint density at radius 2 is 2.00 bits per heavy atom. The monoisotopic (exact) mass is 282 g/mol. The van der Waals surface area contributed by atoms with Gasteiger partial charge in [-0.15, -0.1) is 0 Å². The van der Waals surface area contributed by atoms with Crippen LogP contribution in [0.25, 0.3) is 0 Å². The molecule has 0 heterocycles. The number of carbonyl (C=O) groups is 1. The van der Waals surface area contributed by atoms with Crippen molar-refractivity contribution < 1.29 is 4.79 Å². The van der Waals surface area contributed by atoms with Crippen LogP contribution in [0.4, 0.5) is 0 Å². The van der Waals surface area contributed by atoms with Crippen molar-refractivity contribution in [3.63, 3.8) is 0 Å². The van der Waals surface area contributed by atoms with E-state index in [2.05, 4.69) is 39.5 Å². The largest absolute Gasteiger partial charge is 0.340 e. The third-order valence-electron chi connectivity index (χ3n) is 4.47. The second-order valence-electron chi connectivity index (χ2n) is 7.75. The molecule has 2 N–H and O–H groups in total. The quantitative estimate of drug-likeness (QED) is 0.811. The third kappa shape index (κ3) is 5.08. The number of rotatable bonds is 6. The molecule has 0 aromatic carbocycles. The fraction of sp³-hybridized carbons (Fsp3) is 0.941. The topological polar surface area (TPSA) is 46.3 Å².